The van der Waals surface area contributed by atoms with Crippen molar-refractivity contribution in [3.63, 3.8) is 0 Å². The minimum atomic E-state index is -0.227. The zero-order valence-corrected chi connectivity index (χ0v) is 11.8. The summed E-state index contributed by atoms with van der Waals surface area (Å²) in [4.78, 5) is 12.1. The van der Waals surface area contributed by atoms with Crippen LogP contribution >= 0.6 is 0 Å². The number of carbonyl (C=O) groups excluding carboxylic acids is 1. The van der Waals surface area contributed by atoms with Gasteiger partial charge in [-0.2, -0.15) is 0 Å². The Hall–Kier alpha value is -2.53. The molecular weight excluding hydrogens is 268 g/mol. The predicted molar refractivity (Wildman–Crippen MR) is 81.3 cm³/mol. The number of carbonyl (C=O) groups is 1. The fourth-order valence-corrected chi connectivity index (χ4v) is 1.99. The van der Waals surface area contributed by atoms with Gasteiger partial charge in [0, 0.05) is 12.1 Å². The monoisotopic (exact) mass is 286 g/mol. The number of para-hydroxylation sites is 1. The molecular formula is C16H18N2O3. The Bertz CT molecular complexity index is 641. The fraction of sp³-hybridized carbons (Fsp3) is 0.188. The lowest BCUT2D eigenvalue weighted by Gasteiger charge is -2.12. The first kappa shape index (κ1) is 14.9. The molecule has 2 aromatic carbocycles. The summed E-state index contributed by atoms with van der Waals surface area (Å²) < 4.78 is 5.24. The average molecular weight is 286 g/mol. The second-order valence-electron chi connectivity index (χ2n) is 4.59. The van der Waals surface area contributed by atoms with Crippen molar-refractivity contribution in [1.29, 1.82) is 0 Å². The molecule has 21 heavy (non-hydrogen) atoms. The highest BCUT2D eigenvalue weighted by Crippen LogP contribution is 2.26. The van der Waals surface area contributed by atoms with Crippen molar-refractivity contribution in [2.45, 2.75) is 13.0 Å². The number of phenols is 1. The highest BCUT2D eigenvalue weighted by atomic mass is 16.5. The molecule has 0 bridgehead atoms. The van der Waals surface area contributed by atoms with Crippen LogP contribution in [0.5, 0.6) is 11.5 Å². The van der Waals surface area contributed by atoms with E-state index in [-0.39, 0.29) is 18.1 Å². The zero-order valence-electron chi connectivity index (χ0n) is 11.8. The van der Waals surface area contributed by atoms with Gasteiger partial charge in [0.05, 0.1) is 19.2 Å². The number of rotatable bonds is 5. The van der Waals surface area contributed by atoms with Gasteiger partial charge in [-0.15, -0.1) is 0 Å². The molecule has 0 aliphatic carbocycles. The number of methoxy groups -OCH3 is 1. The van der Waals surface area contributed by atoms with Crippen molar-refractivity contribution in [1.82, 2.24) is 0 Å². The molecule has 0 aromatic heterocycles. The maximum Gasteiger partial charge on any atom is 0.229 e. The van der Waals surface area contributed by atoms with Crippen LogP contribution < -0.4 is 15.8 Å². The Balaban J connectivity index is 2.11. The standard InChI is InChI=1S/C16H18N2O3/c1-21-15-8-11(10-17)6-7-13(15)18-16(20)9-12-4-2-3-5-14(12)19/h2-8,19H,9-10,17H2,1H3,(H,18,20). The van der Waals surface area contributed by atoms with Crippen molar-refractivity contribution in [2.75, 3.05) is 12.4 Å². The van der Waals surface area contributed by atoms with Gasteiger partial charge in [-0.3, -0.25) is 4.79 Å². The molecule has 0 radical (unpaired) electrons. The van der Waals surface area contributed by atoms with Crippen LogP contribution in [0, 0.1) is 0 Å². The largest absolute Gasteiger partial charge is 0.508 e. The van der Waals surface area contributed by atoms with E-state index < -0.39 is 0 Å². The minimum absolute atomic E-state index is 0.0917. The number of amides is 1. The lowest BCUT2D eigenvalue weighted by Crippen LogP contribution is -2.15. The topological polar surface area (TPSA) is 84.6 Å². The Morgan fingerprint density at radius 3 is 2.71 bits per heavy atom. The van der Waals surface area contributed by atoms with Crippen molar-refractivity contribution >= 4 is 11.6 Å². The van der Waals surface area contributed by atoms with Gasteiger partial charge in [-0.1, -0.05) is 24.3 Å². The number of nitrogens with two attached hydrogens (primary N) is 1. The molecule has 0 spiro atoms. The van der Waals surface area contributed by atoms with E-state index >= 15 is 0 Å². The zero-order chi connectivity index (χ0) is 15.2. The summed E-state index contributed by atoms with van der Waals surface area (Å²) in [6.07, 6.45) is 0.0917. The highest BCUT2D eigenvalue weighted by molar-refractivity contribution is 5.94. The van der Waals surface area contributed by atoms with Gasteiger partial charge in [0.15, 0.2) is 0 Å². The summed E-state index contributed by atoms with van der Waals surface area (Å²) in [5, 5.41) is 12.4. The maximum atomic E-state index is 12.1. The number of benzene rings is 2. The quantitative estimate of drug-likeness (QED) is 0.785. The van der Waals surface area contributed by atoms with Gasteiger partial charge in [-0.05, 0) is 23.8 Å². The summed E-state index contributed by atoms with van der Waals surface area (Å²) in [5.41, 5.74) is 7.65. The Morgan fingerprint density at radius 1 is 1.29 bits per heavy atom. The smallest absolute Gasteiger partial charge is 0.229 e. The van der Waals surface area contributed by atoms with Crippen molar-refractivity contribution < 1.29 is 14.6 Å². The molecule has 110 valence electrons. The van der Waals surface area contributed by atoms with Crippen LogP contribution in [0.15, 0.2) is 42.5 Å². The maximum absolute atomic E-state index is 12.1. The molecule has 5 nitrogen and oxygen atoms in total. The van der Waals surface area contributed by atoms with E-state index in [1.165, 1.54) is 7.11 Å². The molecule has 1 amide bonds. The summed E-state index contributed by atoms with van der Waals surface area (Å²) in [5.74, 6) is 0.442. The van der Waals surface area contributed by atoms with Crippen molar-refractivity contribution in [3.05, 3.63) is 53.6 Å². The predicted octanol–water partition coefficient (Wildman–Crippen LogP) is 2.04. The van der Waals surface area contributed by atoms with Gasteiger partial charge in [0.25, 0.3) is 0 Å². The van der Waals surface area contributed by atoms with E-state index in [4.69, 9.17) is 10.5 Å². The number of anilines is 1. The first-order valence-electron chi connectivity index (χ1n) is 6.57. The number of aromatic hydroxyl groups is 1. The van der Waals surface area contributed by atoms with Gasteiger partial charge < -0.3 is 20.9 Å². The van der Waals surface area contributed by atoms with Gasteiger partial charge in [0.2, 0.25) is 5.91 Å². The summed E-state index contributed by atoms with van der Waals surface area (Å²) in [6.45, 7) is 0.405. The van der Waals surface area contributed by atoms with E-state index in [9.17, 15) is 9.90 Å². The minimum Gasteiger partial charge on any atom is -0.508 e. The summed E-state index contributed by atoms with van der Waals surface area (Å²) >= 11 is 0. The SMILES string of the molecule is COc1cc(CN)ccc1NC(=O)Cc1ccccc1O. The molecule has 0 heterocycles. The molecule has 0 unspecified atom stereocenters. The second-order valence-corrected chi connectivity index (χ2v) is 4.59. The van der Waals surface area contributed by atoms with Crippen LogP contribution in [0.2, 0.25) is 0 Å². The highest BCUT2D eigenvalue weighted by Gasteiger charge is 2.10. The third kappa shape index (κ3) is 3.73. The van der Waals surface area contributed by atoms with Gasteiger partial charge >= 0.3 is 0 Å². The molecule has 2 rings (SSSR count). The number of hydrogen-bond acceptors (Lipinski definition) is 4. The Kier molecular flexibility index (Phi) is 4.79. The number of phenolic OH excluding ortho intramolecular Hbond substituents is 1. The van der Waals surface area contributed by atoms with Crippen molar-refractivity contribution in [2.24, 2.45) is 5.73 Å². The molecule has 4 N–H and O–H groups in total. The van der Waals surface area contributed by atoms with Gasteiger partial charge in [0.1, 0.15) is 11.5 Å². The molecule has 5 heteroatoms. The van der Waals surface area contributed by atoms with E-state index in [0.29, 0.717) is 23.5 Å². The van der Waals surface area contributed by atoms with Crippen LogP contribution in [0.4, 0.5) is 5.69 Å². The number of hydrogen-bond donors (Lipinski definition) is 3. The van der Waals surface area contributed by atoms with E-state index in [2.05, 4.69) is 5.32 Å². The lowest BCUT2D eigenvalue weighted by atomic mass is 10.1. The van der Waals surface area contributed by atoms with Crippen LogP contribution in [0.1, 0.15) is 11.1 Å². The molecule has 0 saturated carbocycles. The van der Waals surface area contributed by atoms with Crippen LogP contribution in [-0.2, 0) is 17.8 Å². The summed E-state index contributed by atoms with van der Waals surface area (Å²) in [6, 6.07) is 12.1. The van der Waals surface area contributed by atoms with E-state index in [1.807, 2.05) is 6.07 Å². The lowest BCUT2D eigenvalue weighted by molar-refractivity contribution is -0.115. The first-order valence-corrected chi connectivity index (χ1v) is 6.57. The molecule has 0 fully saturated rings. The van der Waals surface area contributed by atoms with E-state index in [1.54, 1.807) is 36.4 Å². The number of ether oxygens (including phenoxy) is 1. The van der Waals surface area contributed by atoms with Crippen molar-refractivity contribution in [3.8, 4) is 11.5 Å². The van der Waals surface area contributed by atoms with Crippen LogP contribution in [0.3, 0.4) is 0 Å². The Morgan fingerprint density at radius 2 is 2.05 bits per heavy atom. The molecule has 0 atom stereocenters. The molecule has 0 aliphatic heterocycles. The third-order valence-electron chi connectivity index (χ3n) is 3.12. The van der Waals surface area contributed by atoms with Gasteiger partial charge in [-0.25, -0.2) is 0 Å². The average Bonchev–Trinajstić information content (AvgIpc) is 2.50. The normalized spacial score (nSPS) is 10.2. The fourth-order valence-electron chi connectivity index (χ4n) is 1.99. The van der Waals surface area contributed by atoms with Crippen LogP contribution in [-0.4, -0.2) is 18.1 Å². The molecule has 0 saturated heterocycles. The Labute approximate surface area is 123 Å². The van der Waals surface area contributed by atoms with Crippen LogP contribution in [0.25, 0.3) is 0 Å². The van der Waals surface area contributed by atoms with E-state index in [0.717, 1.165) is 5.56 Å². The summed E-state index contributed by atoms with van der Waals surface area (Å²) in [7, 11) is 1.54. The second kappa shape index (κ2) is 6.76. The third-order valence-corrected chi connectivity index (χ3v) is 3.12. The first-order chi connectivity index (χ1) is 10.1. The number of nitrogens with one attached hydrogen (secondary N) is 1. The molecule has 2 aromatic rings. The molecule has 0 aliphatic rings.